The van der Waals surface area contributed by atoms with Crippen molar-refractivity contribution in [2.24, 2.45) is 11.8 Å². The third-order valence-corrected chi connectivity index (χ3v) is 4.79. The van der Waals surface area contributed by atoms with Gasteiger partial charge in [0.25, 0.3) is 11.5 Å². The second-order valence-corrected chi connectivity index (χ2v) is 8.41. The number of hydrogen-bond acceptors (Lipinski definition) is 6. The van der Waals surface area contributed by atoms with Crippen molar-refractivity contribution in [1.82, 2.24) is 9.55 Å². The first-order valence-corrected chi connectivity index (χ1v) is 10.3. The Morgan fingerprint density at radius 2 is 1.81 bits per heavy atom. The number of nitrogens with one attached hydrogen (secondary N) is 1. The van der Waals surface area contributed by atoms with E-state index in [9.17, 15) is 14.4 Å². The van der Waals surface area contributed by atoms with E-state index in [-0.39, 0.29) is 46.2 Å². The largest absolute Gasteiger partial charge is 0.493 e. The van der Waals surface area contributed by atoms with Crippen LogP contribution < -0.4 is 31.4 Å². The summed E-state index contributed by atoms with van der Waals surface area (Å²) in [5.74, 6) is 0.0847. The molecule has 0 saturated heterocycles. The van der Waals surface area contributed by atoms with Gasteiger partial charge in [-0.05, 0) is 24.0 Å². The summed E-state index contributed by atoms with van der Waals surface area (Å²) in [6.07, 6.45) is 0. The van der Waals surface area contributed by atoms with Crippen molar-refractivity contribution in [1.29, 1.82) is 0 Å². The fourth-order valence-corrected chi connectivity index (χ4v) is 3.51. The quantitative estimate of drug-likeness (QED) is 0.635. The Kier molecular flexibility index (Phi) is 7.78. The Labute approximate surface area is 185 Å². The minimum absolute atomic E-state index is 0.00356. The number of methoxy groups -OCH3 is 2. The van der Waals surface area contributed by atoms with Crippen LogP contribution in [0.25, 0.3) is 0 Å². The van der Waals surface area contributed by atoms with Gasteiger partial charge in [-0.3, -0.25) is 19.1 Å². The molecular formula is C21H29ClN4O5. The summed E-state index contributed by atoms with van der Waals surface area (Å²) < 4.78 is 11.8. The van der Waals surface area contributed by atoms with Crippen LogP contribution >= 0.6 is 11.6 Å². The van der Waals surface area contributed by atoms with E-state index in [0.29, 0.717) is 12.3 Å². The normalized spacial score (nSPS) is 11.1. The number of amides is 1. The fourth-order valence-electron chi connectivity index (χ4n) is 3.22. The third-order valence-electron chi connectivity index (χ3n) is 4.51. The summed E-state index contributed by atoms with van der Waals surface area (Å²) in [5.41, 5.74) is 4.99. The number of H-pyrrole nitrogens is 1. The number of nitrogens with zero attached hydrogens (tertiary/aromatic N) is 2. The van der Waals surface area contributed by atoms with Crippen molar-refractivity contribution in [2.45, 2.75) is 34.2 Å². The predicted molar refractivity (Wildman–Crippen MR) is 122 cm³/mol. The highest BCUT2D eigenvalue weighted by Crippen LogP contribution is 2.36. The lowest BCUT2D eigenvalue weighted by Crippen LogP contribution is -2.43. The van der Waals surface area contributed by atoms with Gasteiger partial charge in [0.05, 0.1) is 19.2 Å². The number of hydrogen-bond donors (Lipinski definition) is 2. The Morgan fingerprint density at radius 3 is 2.32 bits per heavy atom. The van der Waals surface area contributed by atoms with Crippen molar-refractivity contribution in [2.75, 3.05) is 31.4 Å². The van der Waals surface area contributed by atoms with Crippen LogP contribution in [0.5, 0.6) is 11.5 Å². The number of halogens is 1. The molecule has 10 heteroatoms. The van der Waals surface area contributed by atoms with Crippen LogP contribution in [-0.2, 0) is 6.54 Å². The Bertz CT molecular complexity index is 1070. The molecule has 170 valence electrons. The smallest absolute Gasteiger partial charge is 0.330 e. The average molecular weight is 453 g/mol. The highest BCUT2D eigenvalue weighted by Gasteiger charge is 2.27. The second-order valence-electron chi connectivity index (χ2n) is 8.00. The summed E-state index contributed by atoms with van der Waals surface area (Å²) >= 11 is 6.27. The van der Waals surface area contributed by atoms with Gasteiger partial charge in [-0.15, -0.1) is 0 Å². The van der Waals surface area contributed by atoms with Gasteiger partial charge in [-0.2, -0.15) is 0 Å². The lowest BCUT2D eigenvalue weighted by Gasteiger charge is -2.27. The van der Waals surface area contributed by atoms with Gasteiger partial charge >= 0.3 is 5.69 Å². The number of nitrogen functional groups attached to an aromatic ring is 1. The lowest BCUT2D eigenvalue weighted by atomic mass is 10.1. The molecule has 3 N–H and O–H groups in total. The molecule has 31 heavy (non-hydrogen) atoms. The Morgan fingerprint density at radius 1 is 1.16 bits per heavy atom. The first-order valence-electron chi connectivity index (χ1n) is 9.87. The highest BCUT2D eigenvalue weighted by atomic mass is 35.5. The van der Waals surface area contributed by atoms with Crippen molar-refractivity contribution >= 4 is 29.0 Å². The topological polar surface area (TPSA) is 120 Å². The molecule has 1 amide bonds. The molecule has 1 aromatic carbocycles. The van der Waals surface area contributed by atoms with Crippen LogP contribution in [-0.4, -0.2) is 36.2 Å². The zero-order valence-electron chi connectivity index (χ0n) is 18.6. The van der Waals surface area contributed by atoms with Crippen molar-refractivity contribution in [3.8, 4) is 11.5 Å². The number of carbonyl (C=O) groups excluding carboxylic acids is 1. The molecule has 0 aliphatic rings. The van der Waals surface area contributed by atoms with E-state index >= 15 is 0 Å². The highest BCUT2D eigenvalue weighted by molar-refractivity contribution is 6.32. The number of rotatable bonds is 8. The predicted octanol–water partition coefficient (Wildman–Crippen LogP) is 2.75. The molecule has 2 aromatic rings. The Balaban J connectivity index is 2.70. The monoisotopic (exact) mass is 452 g/mol. The summed E-state index contributed by atoms with van der Waals surface area (Å²) in [5, 5.41) is 0.182. The van der Waals surface area contributed by atoms with Gasteiger partial charge in [-0.1, -0.05) is 39.3 Å². The minimum atomic E-state index is -0.733. The summed E-state index contributed by atoms with van der Waals surface area (Å²) in [6.45, 7) is 8.11. The van der Waals surface area contributed by atoms with E-state index in [1.54, 1.807) is 0 Å². The standard InChI is InChI=1S/C21H29ClN4O5/c1-11(2)9-25(16-18(23)26(10-12(3)4)21(29)24-19(16)27)20(28)13-7-14(22)17(31-6)15(8-13)30-5/h7-8,11-12H,9-10,23H2,1-6H3,(H,24,27,29). The minimum Gasteiger partial charge on any atom is -0.493 e. The number of benzene rings is 1. The fraction of sp³-hybridized carbons (Fsp3) is 0.476. The molecule has 0 unspecified atom stereocenters. The van der Waals surface area contributed by atoms with Crippen LogP contribution in [0.1, 0.15) is 38.1 Å². The van der Waals surface area contributed by atoms with Crippen molar-refractivity contribution in [3.63, 3.8) is 0 Å². The summed E-state index contributed by atoms with van der Waals surface area (Å²) in [6, 6.07) is 2.92. The van der Waals surface area contributed by atoms with Crippen molar-refractivity contribution < 1.29 is 14.3 Å². The van der Waals surface area contributed by atoms with Crippen LogP contribution in [0, 0.1) is 11.8 Å². The van der Waals surface area contributed by atoms with Gasteiger partial charge in [0.15, 0.2) is 17.2 Å². The van der Waals surface area contributed by atoms with E-state index in [4.69, 9.17) is 26.8 Å². The molecule has 9 nitrogen and oxygen atoms in total. The number of anilines is 2. The van der Waals surface area contributed by atoms with E-state index in [1.165, 1.54) is 35.8 Å². The molecule has 0 fully saturated rings. The van der Waals surface area contributed by atoms with Crippen LogP contribution in [0.4, 0.5) is 11.5 Å². The third kappa shape index (κ3) is 5.22. The van der Waals surface area contributed by atoms with Crippen molar-refractivity contribution in [3.05, 3.63) is 43.6 Å². The lowest BCUT2D eigenvalue weighted by molar-refractivity contribution is 0.0983. The van der Waals surface area contributed by atoms with Crippen LogP contribution in [0.2, 0.25) is 5.02 Å². The van der Waals surface area contributed by atoms with Crippen LogP contribution in [0.15, 0.2) is 21.7 Å². The number of aromatic amines is 1. The van der Waals surface area contributed by atoms with Gasteiger partial charge in [0.2, 0.25) is 0 Å². The van der Waals surface area contributed by atoms with E-state index in [0.717, 1.165) is 0 Å². The molecule has 2 rings (SSSR count). The zero-order valence-corrected chi connectivity index (χ0v) is 19.4. The molecule has 0 bridgehead atoms. The SMILES string of the molecule is COc1cc(C(=O)N(CC(C)C)c2c(N)n(CC(C)C)c(=O)[nH]c2=O)cc(Cl)c1OC. The number of nitrogens with two attached hydrogens (primary N) is 1. The first-order chi connectivity index (χ1) is 14.5. The van der Waals surface area contributed by atoms with Gasteiger partial charge in [0, 0.05) is 18.7 Å². The second kappa shape index (κ2) is 9.91. The maximum atomic E-state index is 13.5. The number of ether oxygens (including phenoxy) is 2. The van der Waals surface area contributed by atoms with Gasteiger partial charge in [-0.25, -0.2) is 4.79 Å². The molecule has 1 aromatic heterocycles. The number of aromatic nitrogens is 2. The van der Waals surface area contributed by atoms with E-state index < -0.39 is 17.2 Å². The molecule has 0 aliphatic heterocycles. The average Bonchev–Trinajstić information content (AvgIpc) is 2.68. The van der Waals surface area contributed by atoms with Gasteiger partial charge < -0.3 is 20.1 Å². The molecule has 0 spiro atoms. The number of carbonyl (C=O) groups is 1. The first kappa shape index (κ1) is 24.3. The zero-order chi connectivity index (χ0) is 23.5. The Hall–Kier alpha value is -2.94. The summed E-state index contributed by atoms with van der Waals surface area (Å²) in [7, 11) is 2.87. The maximum absolute atomic E-state index is 13.5. The molecule has 0 aliphatic carbocycles. The maximum Gasteiger partial charge on any atom is 0.330 e. The van der Waals surface area contributed by atoms with E-state index in [1.807, 2.05) is 27.7 Å². The van der Waals surface area contributed by atoms with Crippen LogP contribution in [0.3, 0.4) is 0 Å². The molecular weight excluding hydrogens is 424 g/mol. The van der Waals surface area contributed by atoms with Gasteiger partial charge in [0.1, 0.15) is 5.82 Å². The molecule has 1 heterocycles. The molecule has 0 atom stereocenters. The summed E-state index contributed by atoms with van der Waals surface area (Å²) in [4.78, 5) is 42.1. The molecule has 0 saturated carbocycles. The van der Waals surface area contributed by atoms with E-state index in [2.05, 4.69) is 4.98 Å². The molecule has 0 radical (unpaired) electrons.